The summed E-state index contributed by atoms with van der Waals surface area (Å²) in [7, 11) is 0. The maximum absolute atomic E-state index is 12.3. The number of aromatic nitrogens is 5. The van der Waals surface area contributed by atoms with E-state index in [1.165, 1.54) is 4.68 Å². The van der Waals surface area contributed by atoms with Gasteiger partial charge in [-0.2, -0.15) is 4.68 Å². The second-order valence-electron chi connectivity index (χ2n) is 5.45. The van der Waals surface area contributed by atoms with Crippen molar-refractivity contribution < 1.29 is 14.2 Å². The Labute approximate surface area is 147 Å². The number of hydrogen-bond donors (Lipinski definition) is 1. The summed E-state index contributed by atoms with van der Waals surface area (Å²) >= 11 is 0. The van der Waals surface area contributed by atoms with E-state index >= 15 is 0 Å². The molecule has 0 spiro atoms. The van der Waals surface area contributed by atoms with E-state index < -0.39 is 5.97 Å². The third kappa shape index (κ3) is 2.55. The summed E-state index contributed by atoms with van der Waals surface area (Å²) in [6.45, 7) is 1.94. The highest BCUT2D eigenvalue weighted by atomic mass is 16.6. The van der Waals surface area contributed by atoms with Crippen LogP contribution in [0.5, 0.6) is 0 Å². The molecule has 4 rings (SSSR count). The molecule has 0 atom stereocenters. The molecule has 0 aliphatic heterocycles. The SMILES string of the molecule is CCOC(=O)c1nnn(-c2nonc2N)c1-c1ccc2ccccc2c1. The highest BCUT2D eigenvalue weighted by Gasteiger charge is 2.26. The van der Waals surface area contributed by atoms with Crippen LogP contribution < -0.4 is 5.73 Å². The number of carbonyl (C=O) groups is 1. The van der Waals surface area contributed by atoms with Crippen LogP contribution in [-0.2, 0) is 4.74 Å². The molecule has 0 saturated heterocycles. The first-order valence-corrected chi connectivity index (χ1v) is 7.89. The molecule has 0 unspecified atom stereocenters. The lowest BCUT2D eigenvalue weighted by molar-refractivity contribution is 0.0520. The normalized spacial score (nSPS) is 11.0. The van der Waals surface area contributed by atoms with Gasteiger partial charge in [0.1, 0.15) is 5.69 Å². The molecule has 0 bridgehead atoms. The zero-order chi connectivity index (χ0) is 18.1. The lowest BCUT2D eigenvalue weighted by Crippen LogP contribution is -2.08. The van der Waals surface area contributed by atoms with Crippen molar-refractivity contribution in [3.63, 3.8) is 0 Å². The van der Waals surface area contributed by atoms with Crippen LogP contribution in [0, 0.1) is 0 Å². The third-order valence-corrected chi connectivity index (χ3v) is 3.86. The molecular formula is C17H14N6O3. The number of nitrogens with two attached hydrogens (primary N) is 1. The van der Waals surface area contributed by atoms with E-state index in [-0.39, 0.29) is 23.9 Å². The van der Waals surface area contributed by atoms with E-state index in [1.54, 1.807) is 6.92 Å². The van der Waals surface area contributed by atoms with Gasteiger partial charge < -0.3 is 10.5 Å². The van der Waals surface area contributed by atoms with Gasteiger partial charge in [-0.05, 0) is 34.1 Å². The monoisotopic (exact) mass is 350 g/mol. The summed E-state index contributed by atoms with van der Waals surface area (Å²) < 4.78 is 11.1. The lowest BCUT2D eigenvalue weighted by atomic mass is 10.0. The van der Waals surface area contributed by atoms with Gasteiger partial charge in [-0.3, -0.25) is 0 Å². The van der Waals surface area contributed by atoms with Crippen molar-refractivity contribution in [1.82, 2.24) is 25.3 Å². The Morgan fingerprint density at radius 1 is 1.19 bits per heavy atom. The summed E-state index contributed by atoms with van der Waals surface area (Å²) in [6, 6.07) is 13.6. The van der Waals surface area contributed by atoms with Crippen LogP contribution >= 0.6 is 0 Å². The van der Waals surface area contributed by atoms with E-state index in [9.17, 15) is 4.79 Å². The lowest BCUT2D eigenvalue weighted by Gasteiger charge is -2.07. The second-order valence-corrected chi connectivity index (χ2v) is 5.45. The van der Waals surface area contributed by atoms with Crippen LogP contribution in [0.15, 0.2) is 47.1 Å². The van der Waals surface area contributed by atoms with Crippen LogP contribution in [0.25, 0.3) is 27.8 Å². The number of nitrogen functional groups attached to an aromatic ring is 1. The van der Waals surface area contributed by atoms with Gasteiger partial charge in [0, 0.05) is 5.56 Å². The van der Waals surface area contributed by atoms with E-state index in [4.69, 9.17) is 10.5 Å². The number of hydrogen-bond acceptors (Lipinski definition) is 8. The Kier molecular flexibility index (Phi) is 3.81. The summed E-state index contributed by atoms with van der Waals surface area (Å²) in [5.74, 6) is -0.402. The summed E-state index contributed by atoms with van der Waals surface area (Å²) in [5.41, 5.74) is 6.95. The molecular weight excluding hydrogens is 336 g/mol. The number of fused-ring (bicyclic) bond motifs is 1. The van der Waals surface area contributed by atoms with Crippen molar-refractivity contribution >= 4 is 22.6 Å². The maximum atomic E-state index is 12.3. The van der Waals surface area contributed by atoms with E-state index in [2.05, 4.69) is 25.3 Å². The predicted molar refractivity (Wildman–Crippen MR) is 92.5 cm³/mol. The molecule has 0 fully saturated rings. The molecule has 0 radical (unpaired) electrons. The van der Waals surface area contributed by atoms with Crippen molar-refractivity contribution in [3.8, 4) is 17.1 Å². The molecule has 2 aromatic carbocycles. The summed E-state index contributed by atoms with van der Waals surface area (Å²) in [5, 5.41) is 17.3. The van der Waals surface area contributed by atoms with Gasteiger partial charge in [-0.1, -0.05) is 41.6 Å². The number of anilines is 1. The first-order valence-electron chi connectivity index (χ1n) is 7.89. The van der Waals surface area contributed by atoms with Gasteiger partial charge in [0.15, 0.2) is 5.69 Å². The standard InChI is InChI=1S/C17H14N6O3/c1-2-25-17(24)13-14(23(22-19-13)16-15(18)20-26-21-16)12-8-7-10-5-3-4-6-11(10)9-12/h3-9H,2H2,1H3,(H2,18,20). The van der Waals surface area contributed by atoms with Crippen molar-refractivity contribution in [2.24, 2.45) is 0 Å². The number of esters is 1. The van der Waals surface area contributed by atoms with Crippen LogP contribution in [0.2, 0.25) is 0 Å². The molecule has 130 valence electrons. The Bertz CT molecular complexity index is 1100. The zero-order valence-corrected chi connectivity index (χ0v) is 13.8. The molecule has 2 N–H and O–H groups in total. The van der Waals surface area contributed by atoms with E-state index in [0.717, 1.165) is 10.8 Å². The Morgan fingerprint density at radius 3 is 2.73 bits per heavy atom. The average Bonchev–Trinajstić information content (AvgIpc) is 3.27. The Hall–Kier alpha value is -3.75. The molecule has 0 aliphatic rings. The highest BCUT2D eigenvalue weighted by Crippen LogP contribution is 2.29. The minimum absolute atomic E-state index is 0.0346. The van der Waals surface area contributed by atoms with Crippen molar-refractivity contribution in [2.75, 3.05) is 12.3 Å². The summed E-state index contributed by atoms with van der Waals surface area (Å²) in [6.07, 6.45) is 0. The van der Waals surface area contributed by atoms with Gasteiger partial charge in [0.25, 0.3) is 0 Å². The third-order valence-electron chi connectivity index (χ3n) is 3.86. The van der Waals surface area contributed by atoms with Gasteiger partial charge in [-0.25, -0.2) is 9.42 Å². The second kappa shape index (κ2) is 6.28. The van der Waals surface area contributed by atoms with E-state index in [1.807, 2.05) is 42.5 Å². The van der Waals surface area contributed by atoms with Crippen LogP contribution in [0.1, 0.15) is 17.4 Å². The topological polar surface area (TPSA) is 122 Å². The largest absolute Gasteiger partial charge is 0.461 e. The minimum Gasteiger partial charge on any atom is -0.461 e. The smallest absolute Gasteiger partial charge is 0.361 e. The van der Waals surface area contributed by atoms with Crippen LogP contribution in [0.3, 0.4) is 0 Å². The van der Waals surface area contributed by atoms with Crippen LogP contribution in [0.4, 0.5) is 5.82 Å². The fourth-order valence-electron chi connectivity index (χ4n) is 2.70. The molecule has 2 heterocycles. The molecule has 9 nitrogen and oxygen atoms in total. The van der Waals surface area contributed by atoms with Gasteiger partial charge in [0.05, 0.1) is 6.61 Å². The number of ether oxygens (including phenoxy) is 1. The first-order chi connectivity index (χ1) is 12.7. The van der Waals surface area contributed by atoms with E-state index in [0.29, 0.717) is 11.3 Å². The number of carbonyl (C=O) groups excluding carboxylic acids is 1. The maximum Gasteiger partial charge on any atom is 0.361 e. The highest BCUT2D eigenvalue weighted by molar-refractivity contribution is 5.96. The first kappa shape index (κ1) is 15.8. The molecule has 0 saturated carbocycles. The molecule has 0 aliphatic carbocycles. The number of nitrogens with zero attached hydrogens (tertiary/aromatic N) is 5. The van der Waals surface area contributed by atoms with Crippen molar-refractivity contribution in [2.45, 2.75) is 6.92 Å². The molecule has 2 aromatic heterocycles. The van der Waals surface area contributed by atoms with Crippen LogP contribution in [-0.4, -0.2) is 37.9 Å². The van der Waals surface area contributed by atoms with Gasteiger partial charge >= 0.3 is 5.97 Å². The molecule has 0 amide bonds. The fraction of sp³-hybridized carbons (Fsp3) is 0.118. The van der Waals surface area contributed by atoms with Gasteiger partial charge in [0.2, 0.25) is 11.6 Å². The van der Waals surface area contributed by atoms with Crippen molar-refractivity contribution in [1.29, 1.82) is 0 Å². The quantitative estimate of drug-likeness (QED) is 0.556. The number of benzene rings is 2. The predicted octanol–water partition coefficient (Wildman–Crippen LogP) is 2.23. The fourth-order valence-corrected chi connectivity index (χ4v) is 2.70. The Balaban J connectivity index is 1.95. The minimum atomic E-state index is -0.586. The number of rotatable bonds is 4. The zero-order valence-electron chi connectivity index (χ0n) is 13.8. The molecule has 9 heteroatoms. The van der Waals surface area contributed by atoms with Crippen molar-refractivity contribution in [3.05, 3.63) is 48.2 Å². The Morgan fingerprint density at radius 2 is 2.00 bits per heavy atom. The molecule has 26 heavy (non-hydrogen) atoms. The van der Waals surface area contributed by atoms with Gasteiger partial charge in [-0.15, -0.1) is 5.10 Å². The summed E-state index contributed by atoms with van der Waals surface area (Å²) in [4.78, 5) is 12.3. The molecule has 4 aromatic rings. The average molecular weight is 350 g/mol.